The van der Waals surface area contributed by atoms with Crippen LogP contribution < -0.4 is 11.0 Å². The van der Waals surface area contributed by atoms with Gasteiger partial charge in [-0.2, -0.15) is 8.78 Å². The topological polar surface area (TPSA) is 126 Å². The Morgan fingerprint density at radius 3 is 1.32 bits per heavy atom. The number of rotatable bonds is 12. The molecule has 0 aromatic carbocycles. The first-order valence-corrected chi connectivity index (χ1v) is 17.5. The standard InChI is InChI=1S/C15H23FN2O2.C15H24N2O3.C4H7F4N.2C2H6/c1-14(2,3)12-11(7-6-8-17-12)13(19)18-20-10-15(4,5)9-16;1-14(2,3)12-11(7-6-8-16-12)13(19)17-20-10-15(4,5)9-18;1-9(2)4(7,8)3(5)6;2*1-2/h6-8H,9-10H2,1-5H3,(H,18,19);6-8,18H,9-10H2,1-5H3,(H,17,19);3H,1-2H3;2*1-2H3. The maximum absolute atomic E-state index is 12.6. The fourth-order valence-corrected chi connectivity index (χ4v) is 3.36. The summed E-state index contributed by atoms with van der Waals surface area (Å²) in [5.41, 5.74) is 5.69. The quantitative estimate of drug-likeness (QED) is 0.112. The maximum atomic E-state index is 12.6. The zero-order valence-corrected chi connectivity index (χ0v) is 34.7. The Hall–Kier alpha value is -3.27. The van der Waals surface area contributed by atoms with Crippen LogP contribution in [0.5, 0.6) is 0 Å². The van der Waals surface area contributed by atoms with Crippen LogP contribution >= 0.6 is 0 Å². The van der Waals surface area contributed by atoms with E-state index in [1.54, 1.807) is 50.5 Å². The molecular weight excluding hydrogens is 701 g/mol. The van der Waals surface area contributed by atoms with Gasteiger partial charge in [0.2, 0.25) is 0 Å². The van der Waals surface area contributed by atoms with Gasteiger partial charge in [-0.3, -0.25) is 33.6 Å². The Balaban J connectivity index is -0.000000717. The van der Waals surface area contributed by atoms with Gasteiger partial charge in [0.1, 0.15) is 0 Å². The molecule has 15 heteroatoms. The normalized spacial score (nSPS) is 11.8. The van der Waals surface area contributed by atoms with Crippen molar-refractivity contribution in [2.45, 2.75) is 120 Å². The molecule has 308 valence electrons. The summed E-state index contributed by atoms with van der Waals surface area (Å²) in [7, 11) is 1.79. The van der Waals surface area contributed by atoms with Crippen molar-refractivity contribution < 1.29 is 46.3 Å². The van der Waals surface area contributed by atoms with Gasteiger partial charge < -0.3 is 5.11 Å². The van der Waals surface area contributed by atoms with Crippen molar-refractivity contribution in [3.05, 3.63) is 59.2 Å². The molecule has 0 unspecified atom stereocenters. The summed E-state index contributed by atoms with van der Waals surface area (Å²) in [6.45, 7) is 26.9. The van der Waals surface area contributed by atoms with E-state index in [1.165, 1.54) is 0 Å². The predicted molar refractivity (Wildman–Crippen MR) is 201 cm³/mol. The molecule has 0 spiro atoms. The highest BCUT2D eigenvalue weighted by molar-refractivity contribution is 5.95. The number of aliphatic hydroxyl groups excluding tert-OH is 1. The Kier molecular flexibility index (Phi) is 25.4. The first kappa shape index (κ1) is 54.1. The number of pyridine rings is 2. The van der Waals surface area contributed by atoms with E-state index in [0.717, 1.165) is 19.8 Å². The van der Waals surface area contributed by atoms with Gasteiger partial charge in [0.05, 0.1) is 49.0 Å². The predicted octanol–water partition coefficient (Wildman–Crippen LogP) is 8.55. The summed E-state index contributed by atoms with van der Waals surface area (Å²) >= 11 is 0. The van der Waals surface area contributed by atoms with Crippen LogP contribution in [0.3, 0.4) is 0 Å². The maximum Gasteiger partial charge on any atom is 0.364 e. The molecule has 0 aliphatic rings. The van der Waals surface area contributed by atoms with E-state index in [4.69, 9.17) is 14.8 Å². The largest absolute Gasteiger partial charge is 0.396 e. The molecule has 3 N–H and O–H groups in total. The number of carbonyl (C=O) groups excluding carboxylic acids is 2. The number of halogens is 5. The van der Waals surface area contributed by atoms with Gasteiger partial charge in [-0.15, -0.1) is 0 Å². The molecule has 0 saturated carbocycles. The van der Waals surface area contributed by atoms with Crippen molar-refractivity contribution in [1.82, 2.24) is 25.8 Å². The number of hydrogen-bond donors (Lipinski definition) is 3. The smallest absolute Gasteiger partial charge is 0.364 e. The highest BCUT2D eigenvalue weighted by Crippen LogP contribution is 2.25. The van der Waals surface area contributed by atoms with Crippen LogP contribution in [0.15, 0.2) is 36.7 Å². The monoisotopic (exact) mass is 767 g/mol. The molecule has 2 heterocycles. The zero-order chi connectivity index (χ0) is 42.4. The van der Waals surface area contributed by atoms with Gasteiger partial charge in [-0.05, 0) is 38.4 Å². The number of aliphatic hydroxyl groups is 1. The third kappa shape index (κ3) is 21.3. The Morgan fingerprint density at radius 2 is 1.08 bits per heavy atom. The number of alkyl halides is 5. The first-order valence-electron chi connectivity index (χ1n) is 17.5. The number of carbonyl (C=O) groups is 2. The fraction of sp³-hybridized carbons (Fsp3) is 0.684. The second kappa shape index (κ2) is 24.9. The lowest BCUT2D eigenvalue weighted by molar-refractivity contribution is -0.211. The van der Waals surface area contributed by atoms with Crippen LogP contribution in [0.2, 0.25) is 0 Å². The summed E-state index contributed by atoms with van der Waals surface area (Å²) in [4.78, 5) is 43.3. The van der Waals surface area contributed by atoms with Crippen molar-refractivity contribution in [1.29, 1.82) is 0 Å². The molecule has 0 radical (unpaired) electrons. The Morgan fingerprint density at radius 1 is 0.736 bits per heavy atom. The second-order valence-corrected chi connectivity index (χ2v) is 15.1. The molecular formula is C38H66F5N5O5. The summed E-state index contributed by atoms with van der Waals surface area (Å²) in [6, 6.07) is 2.85. The van der Waals surface area contributed by atoms with Crippen molar-refractivity contribution in [2.24, 2.45) is 10.8 Å². The lowest BCUT2D eigenvalue weighted by atomic mass is 9.88. The lowest BCUT2D eigenvalue weighted by Gasteiger charge is -2.22. The highest BCUT2D eigenvalue weighted by atomic mass is 19.3. The van der Waals surface area contributed by atoms with Crippen LogP contribution in [-0.2, 0) is 20.5 Å². The summed E-state index contributed by atoms with van der Waals surface area (Å²) in [5, 5.41) is 9.12. The SMILES string of the molecule is CC.CC.CC(C)(CF)CONC(=O)c1cccnc1C(C)(C)C.CC(C)(CO)CONC(=O)c1cccnc1C(C)(C)C.CN(C)C(F)(F)C(F)F. The minimum absolute atomic E-state index is 0.0109. The molecule has 10 nitrogen and oxygen atoms in total. The summed E-state index contributed by atoms with van der Waals surface area (Å²) in [5.74, 6) is -0.686. The average molecular weight is 768 g/mol. The molecule has 0 aliphatic heterocycles. The van der Waals surface area contributed by atoms with E-state index < -0.39 is 30.0 Å². The minimum Gasteiger partial charge on any atom is -0.396 e. The average Bonchev–Trinajstić information content (AvgIpc) is 3.09. The third-order valence-electron chi connectivity index (χ3n) is 6.43. The third-order valence-corrected chi connectivity index (χ3v) is 6.43. The highest BCUT2D eigenvalue weighted by Gasteiger charge is 2.43. The first-order chi connectivity index (χ1) is 24.2. The molecule has 0 bridgehead atoms. The lowest BCUT2D eigenvalue weighted by Crippen LogP contribution is -2.41. The fourth-order valence-electron chi connectivity index (χ4n) is 3.36. The summed E-state index contributed by atoms with van der Waals surface area (Å²) < 4.78 is 58.9. The van der Waals surface area contributed by atoms with Crippen LogP contribution in [0, 0.1) is 10.8 Å². The number of hydroxylamine groups is 2. The minimum atomic E-state index is -4.00. The molecule has 0 saturated heterocycles. The van der Waals surface area contributed by atoms with Gasteiger partial charge in [0.25, 0.3) is 11.8 Å². The van der Waals surface area contributed by atoms with Gasteiger partial charge in [-0.1, -0.05) is 96.9 Å². The number of aromatic nitrogens is 2. The number of hydrogen-bond acceptors (Lipinski definition) is 8. The van der Waals surface area contributed by atoms with E-state index in [1.807, 2.05) is 83.1 Å². The van der Waals surface area contributed by atoms with Crippen LogP contribution in [-0.4, -0.2) is 84.9 Å². The molecule has 0 atom stereocenters. The zero-order valence-electron chi connectivity index (χ0n) is 34.7. The van der Waals surface area contributed by atoms with E-state index in [9.17, 15) is 31.5 Å². The van der Waals surface area contributed by atoms with Crippen molar-refractivity contribution in [3.63, 3.8) is 0 Å². The van der Waals surface area contributed by atoms with Gasteiger partial charge >= 0.3 is 12.5 Å². The number of nitrogens with zero attached hydrogens (tertiary/aromatic N) is 3. The number of nitrogens with one attached hydrogen (secondary N) is 2. The van der Waals surface area contributed by atoms with Crippen LogP contribution in [0.4, 0.5) is 22.0 Å². The van der Waals surface area contributed by atoms with E-state index >= 15 is 0 Å². The van der Waals surface area contributed by atoms with Crippen molar-refractivity contribution in [3.8, 4) is 0 Å². The van der Waals surface area contributed by atoms with Crippen molar-refractivity contribution in [2.75, 3.05) is 40.6 Å². The van der Waals surface area contributed by atoms with Crippen molar-refractivity contribution >= 4 is 11.8 Å². The Bertz CT molecular complexity index is 1220. The molecule has 2 aromatic rings. The number of amides is 2. The van der Waals surface area contributed by atoms with Gasteiger partial charge in [0, 0.05) is 34.1 Å². The van der Waals surface area contributed by atoms with E-state index in [0.29, 0.717) is 16.8 Å². The summed E-state index contributed by atoms with van der Waals surface area (Å²) in [6.07, 6.45) is -0.287. The van der Waals surface area contributed by atoms with Crippen LogP contribution in [0.1, 0.15) is 129 Å². The molecule has 2 amide bonds. The molecule has 2 rings (SSSR count). The van der Waals surface area contributed by atoms with E-state index in [2.05, 4.69) is 20.9 Å². The molecule has 53 heavy (non-hydrogen) atoms. The van der Waals surface area contributed by atoms with Gasteiger partial charge in [0.15, 0.2) is 0 Å². The molecule has 0 fully saturated rings. The second-order valence-electron chi connectivity index (χ2n) is 15.1. The van der Waals surface area contributed by atoms with Crippen LogP contribution in [0.25, 0.3) is 0 Å². The Labute approximate surface area is 314 Å². The molecule has 2 aromatic heterocycles. The van der Waals surface area contributed by atoms with Gasteiger partial charge in [-0.25, -0.2) is 24.6 Å². The van der Waals surface area contributed by atoms with E-state index in [-0.39, 0.29) is 47.4 Å². The molecule has 0 aliphatic carbocycles.